The van der Waals surface area contributed by atoms with Crippen molar-refractivity contribution >= 4 is 45.0 Å². The van der Waals surface area contributed by atoms with Crippen LogP contribution in [0, 0.1) is 5.92 Å². The molecule has 1 aromatic heterocycles. The van der Waals surface area contributed by atoms with Gasteiger partial charge >= 0.3 is 0 Å². The van der Waals surface area contributed by atoms with Crippen molar-refractivity contribution < 1.29 is 9.32 Å². The van der Waals surface area contributed by atoms with Crippen LogP contribution in [0.1, 0.15) is 24.3 Å². The van der Waals surface area contributed by atoms with E-state index in [0.29, 0.717) is 34.8 Å². The van der Waals surface area contributed by atoms with Crippen molar-refractivity contribution in [3.05, 3.63) is 68.4 Å². The summed E-state index contributed by atoms with van der Waals surface area (Å²) in [6.07, 6.45) is 1.57. The van der Waals surface area contributed by atoms with Crippen LogP contribution in [0.4, 0.5) is 0 Å². The normalized spacial score (nSPS) is 15.2. The molecule has 1 amide bonds. The average molecular weight is 524 g/mol. The molecule has 0 radical (unpaired) electrons. The molecule has 2 aromatic carbocycles. The molecule has 0 atom stereocenters. The van der Waals surface area contributed by atoms with E-state index in [1.54, 1.807) is 12.1 Å². The largest absolute Gasteiger partial charge is 0.352 e. The standard InChI is InChI=1S/C22H21BrCl2N4O2/c23-17-3-1-2-15(10-17)21-27-20(31-28-21)13-29-8-6-14(7-9-29)22(30)26-12-16-4-5-18(24)11-19(16)25/h1-5,10-11,14H,6-9,12-13H2,(H,26,30). The Balaban J connectivity index is 1.25. The van der Waals surface area contributed by atoms with E-state index < -0.39 is 0 Å². The Hall–Kier alpha value is -1.93. The van der Waals surface area contributed by atoms with Crippen LogP contribution in [0.2, 0.25) is 10.0 Å². The second-order valence-electron chi connectivity index (χ2n) is 7.53. The molecule has 1 aliphatic heterocycles. The first kappa shape index (κ1) is 22.3. The SMILES string of the molecule is O=C(NCc1ccc(Cl)cc1Cl)C1CCN(Cc2nc(-c3cccc(Br)c3)no2)CC1. The number of carbonyl (C=O) groups excluding carboxylic acids is 1. The first-order chi connectivity index (χ1) is 15.0. The van der Waals surface area contributed by atoms with E-state index >= 15 is 0 Å². The third kappa shape index (κ3) is 5.86. The van der Waals surface area contributed by atoms with Gasteiger partial charge in [0.1, 0.15) is 0 Å². The molecular weight excluding hydrogens is 503 g/mol. The number of rotatable bonds is 6. The maximum atomic E-state index is 12.6. The summed E-state index contributed by atoms with van der Waals surface area (Å²) in [4.78, 5) is 19.3. The van der Waals surface area contributed by atoms with Crippen LogP contribution in [0.25, 0.3) is 11.4 Å². The lowest BCUT2D eigenvalue weighted by Crippen LogP contribution is -2.40. The number of hydrogen-bond acceptors (Lipinski definition) is 5. The summed E-state index contributed by atoms with van der Waals surface area (Å²) < 4.78 is 6.39. The smallest absolute Gasteiger partial charge is 0.241 e. The van der Waals surface area contributed by atoms with E-state index in [-0.39, 0.29) is 11.8 Å². The Morgan fingerprint density at radius 1 is 1.19 bits per heavy atom. The van der Waals surface area contributed by atoms with Gasteiger partial charge in [-0.1, -0.05) is 62.5 Å². The van der Waals surface area contributed by atoms with Crippen LogP contribution >= 0.6 is 39.1 Å². The van der Waals surface area contributed by atoms with E-state index in [1.165, 1.54) is 0 Å². The molecule has 4 rings (SSSR count). The molecule has 0 aliphatic carbocycles. The van der Waals surface area contributed by atoms with Crippen LogP contribution in [-0.2, 0) is 17.9 Å². The fourth-order valence-electron chi connectivity index (χ4n) is 3.60. The van der Waals surface area contributed by atoms with Gasteiger partial charge in [0.25, 0.3) is 0 Å². The van der Waals surface area contributed by atoms with Crippen molar-refractivity contribution in [2.75, 3.05) is 13.1 Å². The van der Waals surface area contributed by atoms with Gasteiger partial charge in [0, 0.05) is 32.5 Å². The second kappa shape index (κ2) is 10.1. The van der Waals surface area contributed by atoms with Crippen LogP contribution in [0.3, 0.4) is 0 Å². The van der Waals surface area contributed by atoms with E-state index in [4.69, 9.17) is 27.7 Å². The molecule has 9 heteroatoms. The molecule has 0 bridgehead atoms. The van der Waals surface area contributed by atoms with Gasteiger partial charge < -0.3 is 9.84 Å². The lowest BCUT2D eigenvalue weighted by Gasteiger charge is -2.30. The predicted octanol–water partition coefficient (Wildman–Crippen LogP) is 5.33. The number of nitrogens with zero attached hydrogens (tertiary/aromatic N) is 3. The van der Waals surface area contributed by atoms with Crippen molar-refractivity contribution in [3.63, 3.8) is 0 Å². The number of amides is 1. The maximum absolute atomic E-state index is 12.6. The first-order valence-electron chi connectivity index (χ1n) is 10.0. The van der Waals surface area contributed by atoms with E-state index in [1.807, 2.05) is 30.3 Å². The molecule has 6 nitrogen and oxygen atoms in total. The summed E-state index contributed by atoms with van der Waals surface area (Å²) in [5, 5.41) is 8.22. The van der Waals surface area contributed by atoms with Crippen molar-refractivity contribution in [1.29, 1.82) is 0 Å². The van der Waals surface area contributed by atoms with Gasteiger partial charge in [-0.15, -0.1) is 0 Å². The predicted molar refractivity (Wildman–Crippen MR) is 124 cm³/mol. The monoisotopic (exact) mass is 522 g/mol. The number of halogens is 3. The van der Waals surface area contributed by atoms with Crippen LogP contribution in [0.5, 0.6) is 0 Å². The molecule has 0 spiro atoms. The fourth-order valence-corrected chi connectivity index (χ4v) is 4.47. The summed E-state index contributed by atoms with van der Waals surface area (Å²) in [7, 11) is 0. The average Bonchev–Trinajstić information content (AvgIpc) is 3.22. The molecule has 2 heterocycles. The molecule has 162 valence electrons. The highest BCUT2D eigenvalue weighted by Crippen LogP contribution is 2.24. The van der Waals surface area contributed by atoms with Crippen molar-refractivity contribution in [3.8, 4) is 11.4 Å². The third-order valence-corrected chi connectivity index (χ3v) is 6.42. The number of hydrogen-bond donors (Lipinski definition) is 1. The summed E-state index contributed by atoms with van der Waals surface area (Å²) in [6.45, 7) is 2.58. The van der Waals surface area contributed by atoms with Gasteiger partial charge in [-0.25, -0.2) is 0 Å². The summed E-state index contributed by atoms with van der Waals surface area (Å²) in [5.74, 6) is 1.20. The zero-order chi connectivity index (χ0) is 21.8. The van der Waals surface area contributed by atoms with Gasteiger partial charge in [0.15, 0.2) is 0 Å². The Kier molecular flexibility index (Phi) is 7.27. The number of likely N-dealkylation sites (tertiary alicyclic amines) is 1. The van der Waals surface area contributed by atoms with Gasteiger partial charge in [-0.2, -0.15) is 4.98 Å². The quantitative estimate of drug-likeness (QED) is 0.472. The molecule has 1 saturated heterocycles. The number of benzene rings is 2. The van der Waals surface area contributed by atoms with Crippen molar-refractivity contribution in [2.24, 2.45) is 5.92 Å². The van der Waals surface area contributed by atoms with Gasteiger partial charge in [0.05, 0.1) is 6.54 Å². The first-order valence-corrected chi connectivity index (χ1v) is 11.6. The highest BCUT2D eigenvalue weighted by Gasteiger charge is 2.26. The Morgan fingerprint density at radius 3 is 2.74 bits per heavy atom. The minimum absolute atomic E-state index is 0.0118. The Labute approximate surface area is 199 Å². The summed E-state index contributed by atoms with van der Waals surface area (Å²) >= 11 is 15.6. The van der Waals surface area contributed by atoms with Crippen LogP contribution < -0.4 is 5.32 Å². The van der Waals surface area contributed by atoms with E-state index in [9.17, 15) is 4.79 Å². The summed E-state index contributed by atoms with van der Waals surface area (Å²) in [5.41, 5.74) is 1.76. The van der Waals surface area contributed by atoms with Gasteiger partial charge in [-0.05, 0) is 55.8 Å². The number of carbonyl (C=O) groups is 1. The van der Waals surface area contributed by atoms with Crippen molar-refractivity contribution in [2.45, 2.75) is 25.9 Å². The topological polar surface area (TPSA) is 71.3 Å². The second-order valence-corrected chi connectivity index (χ2v) is 9.29. The Bertz CT molecular complexity index is 1070. The molecule has 3 aromatic rings. The van der Waals surface area contributed by atoms with Crippen LogP contribution in [-0.4, -0.2) is 34.0 Å². The number of aromatic nitrogens is 2. The fraction of sp³-hybridized carbons (Fsp3) is 0.318. The van der Waals surface area contributed by atoms with E-state index in [0.717, 1.165) is 41.5 Å². The van der Waals surface area contributed by atoms with Gasteiger partial charge in [-0.3, -0.25) is 9.69 Å². The molecular formula is C22H21BrCl2N4O2. The lowest BCUT2D eigenvalue weighted by molar-refractivity contribution is -0.126. The third-order valence-electron chi connectivity index (χ3n) is 5.34. The highest BCUT2D eigenvalue weighted by atomic mass is 79.9. The minimum Gasteiger partial charge on any atom is -0.352 e. The molecule has 1 N–H and O–H groups in total. The van der Waals surface area contributed by atoms with Gasteiger partial charge in [0.2, 0.25) is 17.6 Å². The summed E-state index contributed by atoms with van der Waals surface area (Å²) in [6, 6.07) is 13.1. The van der Waals surface area contributed by atoms with Crippen molar-refractivity contribution in [1.82, 2.24) is 20.4 Å². The number of nitrogens with one attached hydrogen (secondary N) is 1. The molecule has 1 fully saturated rings. The zero-order valence-electron chi connectivity index (χ0n) is 16.7. The number of piperidine rings is 1. The lowest BCUT2D eigenvalue weighted by atomic mass is 9.96. The maximum Gasteiger partial charge on any atom is 0.241 e. The van der Waals surface area contributed by atoms with Crippen LogP contribution in [0.15, 0.2) is 51.5 Å². The molecule has 0 unspecified atom stereocenters. The van der Waals surface area contributed by atoms with E-state index in [2.05, 4.69) is 36.3 Å². The Morgan fingerprint density at radius 2 is 2.00 bits per heavy atom. The highest BCUT2D eigenvalue weighted by molar-refractivity contribution is 9.10. The molecule has 0 saturated carbocycles. The zero-order valence-corrected chi connectivity index (χ0v) is 19.8. The molecule has 31 heavy (non-hydrogen) atoms. The minimum atomic E-state index is -0.0118. The molecule has 1 aliphatic rings.